The molecule has 3 atom stereocenters. The van der Waals surface area contributed by atoms with Crippen molar-refractivity contribution < 1.29 is 57.3 Å². The third kappa shape index (κ3) is 17.0. The zero-order chi connectivity index (χ0) is 43.6. The van der Waals surface area contributed by atoms with Crippen molar-refractivity contribution in [2.75, 3.05) is 47.0 Å². The molecule has 5 N–H and O–H groups in total. The van der Waals surface area contributed by atoms with Gasteiger partial charge in [0.15, 0.2) is 18.3 Å². The summed E-state index contributed by atoms with van der Waals surface area (Å²) in [6.07, 6.45) is -2.57. The molecule has 0 bridgehead atoms. The maximum atomic E-state index is 14.0. The van der Waals surface area contributed by atoms with Gasteiger partial charge < -0.3 is 39.1 Å². The zero-order valence-electron chi connectivity index (χ0n) is 33.0. The number of aliphatic hydroxyl groups excluding tert-OH is 2. The number of benzene rings is 4. The van der Waals surface area contributed by atoms with E-state index < -0.39 is 31.1 Å². The number of hydrogen-bond donors (Lipinski definition) is 4. The molecule has 0 unspecified atom stereocenters. The molecule has 1 aliphatic heterocycles. The van der Waals surface area contributed by atoms with E-state index in [1.165, 1.54) is 43.5 Å². The van der Waals surface area contributed by atoms with Crippen LogP contribution in [0.15, 0.2) is 84.9 Å². The summed E-state index contributed by atoms with van der Waals surface area (Å²) in [5.41, 5.74) is 3.95. The molecule has 1 heterocycles. The first-order valence-electron chi connectivity index (χ1n) is 18.3. The van der Waals surface area contributed by atoms with Gasteiger partial charge in [0.25, 0.3) is 6.92 Å². The molecule has 4 aromatic carbocycles. The summed E-state index contributed by atoms with van der Waals surface area (Å²) < 4.78 is 46.0. The molecule has 18 heteroatoms. The van der Waals surface area contributed by atoms with Crippen molar-refractivity contribution in [3.05, 3.63) is 118 Å². The fraction of sp³-hybridized carbons (Fsp3) is 0.341. The van der Waals surface area contributed by atoms with Gasteiger partial charge in [0.1, 0.15) is 11.6 Å². The number of epoxide rings is 1. The van der Waals surface area contributed by atoms with Crippen molar-refractivity contribution in [3.63, 3.8) is 0 Å². The van der Waals surface area contributed by atoms with Gasteiger partial charge in [-0.25, -0.2) is 28.2 Å². The first-order chi connectivity index (χ1) is 28.0. The number of nitrogens with zero attached hydrogens (tertiary/aromatic N) is 2. The Labute approximate surface area is 352 Å². The van der Waals surface area contributed by atoms with E-state index in [1.807, 2.05) is 12.1 Å². The van der Waals surface area contributed by atoms with Gasteiger partial charge in [0.2, 0.25) is 0 Å². The molecule has 59 heavy (non-hydrogen) atoms. The third-order valence-corrected chi connectivity index (χ3v) is 8.84. The molecule has 1 fully saturated rings. The highest BCUT2D eigenvalue weighted by Gasteiger charge is 2.32. The number of hydrazine groups is 1. The van der Waals surface area contributed by atoms with Gasteiger partial charge >= 0.3 is 17.9 Å². The number of ether oxygens (including phenoxy) is 4. The van der Waals surface area contributed by atoms with Gasteiger partial charge in [-0.05, 0) is 65.6 Å². The number of carbonyl (C=O) groups excluding carboxylic acids is 3. The smallest absolute Gasteiger partial charge is 0.337 e. The van der Waals surface area contributed by atoms with E-state index in [9.17, 15) is 38.4 Å². The summed E-state index contributed by atoms with van der Waals surface area (Å²) in [4.78, 5) is 34.8. The number of nitrogens with two attached hydrogens (primary N) is 1. The molecular formula is C41H48BCl2F2N3O10. The van der Waals surface area contributed by atoms with Crippen molar-refractivity contribution >= 4 is 48.0 Å². The van der Waals surface area contributed by atoms with Crippen LogP contribution in [0.2, 0.25) is 16.9 Å². The lowest BCUT2D eigenvalue weighted by Crippen LogP contribution is -2.41. The van der Waals surface area contributed by atoms with Gasteiger partial charge in [0, 0.05) is 47.3 Å². The van der Waals surface area contributed by atoms with Crippen molar-refractivity contribution in [2.24, 2.45) is 5.84 Å². The highest BCUT2D eigenvalue weighted by molar-refractivity contribution is 6.48. The Balaban J connectivity index is 0.000000271. The summed E-state index contributed by atoms with van der Waals surface area (Å²) in [7, 11) is 2.56. The molecule has 5 rings (SSSR count). The standard InChI is InChI=1S/C19H22BClFNO4.C18H20ClFN2O3.C4H6O3/c1-20(26)12-23(11-18(24)19(25)27-2)10-13-3-5-14(6-4-13)16-9-15(21)7-8-17(16)22;1-2-25-18(24)17(23)11-22(21)10-12-3-5-13(6-4-12)15-9-14(19)7-8-16(15)20;1-6-4(5)3-2-7-3/h3-9,18,24,26H,10-12H2,1-2H3;3-9,17,23H,2,10-11,21H2,1H3;3H,2H2,1H3/t18-;17-;3-/m111/s1. The molecule has 0 aromatic heterocycles. The Morgan fingerprint density at radius 2 is 1.29 bits per heavy atom. The number of aliphatic hydroxyl groups is 2. The molecule has 1 saturated heterocycles. The molecule has 0 amide bonds. The van der Waals surface area contributed by atoms with Crippen LogP contribution in [0, 0.1) is 11.6 Å². The van der Waals surface area contributed by atoms with E-state index in [1.54, 1.807) is 67.2 Å². The predicted octanol–water partition coefficient (Wildman–Crippen LogP) is 4.94. The second-order valence-corrected chi connectivity index (χ2v) is 14.1. The van der Waals surface area contributed by atoms with Crippen LogP contribution in [0.4, 0.5) is 8.78 Å². The molecule has 0 spiro atoms. The van der Waals surface area contributed by atoms with E-state index in [0.717, 1.165) is 11.1 Å². The molecule has 1 aliphatic rings. The van der Waals surface area contributed by atoms with Crippen LogP contribution in [0.5, 0.6) is 0 Å². The van der Waals surface area contributed by atoms with Crippen molar-refractivity contribution in [2.45, 2.75) is 45.1 Å². The lowest BCUT2D eigenvalue weighted by molar-refractivity contribution is -0.154. The maximum Gasteiger partial charge on any atom is 0.337 e. The molecule has 0 aliphatic carbocycles. The average Bonchev–Trinajstić information content (AvgIpc) is 4.06. The molecule has 0 radical (unpaired) electrons. The van der Waals surface area contributed by atoms with Gasteiger partial charge in [0.05, 0.1) is 34.0 Å². The van der Waals surface area contributed by atoms with Gasteiger partial charge in [-0.2, -0.15) is 0 Å². The Bertz CT molecular complexity index is 1960. The predicted molar refractivity (Wildman–Crippen MR) is 220 cm³/mol. The molecule has 4 aromatic rings. The second kappa shape index (κ2) is 24.6. The molecular weight excluding hydrogens is 814 g/mol. The van der Waals surface area contributed by atoms with Crippen LogP contribution in [0.1, 0.15) is 18.1 Å². The van der Waals surface area contributed by atoms with Crippen LogP contribution < -0.4 is 5.84 Å². The van der Waals surface area contributed by atoms with Crippen LogP contribution in [0.25, 0.3) is 22.3 Å². The summed E-state index contributed by atoms with van der Waals surface area (Å²) in [6, 6.07) is 23.1. The van der Waals surface area contributed by atoms with E-state index in [4.69, 9.17) is 33.8 Å². The number of rotatable bonds is 16. The largest absolute Gasteiger partial charge is 0.467 e. The van der Waals surface area contributed by atoms with Crippen molar-refractivity contribution in [3.8, 4) is 22.3 Å². The van der Waals surface area contributed by atoms with E-state index >= 15 is 0 Å². The maximum absolute atomic E-state index is 14.0. The van der Waals surface area contributed by atoms with Crippen LogP contribution >= 0.6 is 23.2 Å². The monoisotopic (exact) mass is 861 g/mol. The van der Waals surface area contributed by atoms with E-state index in [0.29, 0.717) is 52.0 Å². The molecule has 318 valence electrons. The van der Waals surface area contributed by atoms with E-state index in [2.05, 4.69) is 14.2 Å². The summed E-state index contributed by atoms with van der Waals surface area (Å²) in [5.74, 6) is 3.42. The number of halogens is 4. The first kappa shape index (κ1) is 48.9. The minimum Gasteiger partial charge on any atom is -0.467 e. The highest BCUT2D eigenvalue weighted by Crippen LogP contribution is 2.28. The first-order valence-corrected chi connectivity index (χ1v) is 19.1. The zero-order valence-corrected chi connectivity index (χ0v) is 34.5. The Morgan fingerprint density at radius 1 is 0.814 bits per heavy atom. The van der Waals surface area contributed by atoms with Crippen LogP contribution in [-0.2, 0) is 46.4 Å². The van der Waals surface area contributed by atoms with Crippen molar-refractivity contribution in [1.29, 1.82) is 0 Å². The summed E-state index contributed by atoms with van der Waals surface area (Å²) >= 11 is 11.9. The Morgan fingerprint density at radius 3 is 1.69 bits per heavy atom. The van der Waals surface area contributed by atoms with Crippen molar-refractivity contribution in [1.82, 2.24) is 9.91 Å². The minimum atomic E-state index is -1.30. The normalized spacial score (nSPS) is 13.9. The highest BCUT2D eigenvalue weighted by atomic mass is 35.5. The lowest BCUT2D eigenvalue weighted by Gasteiger charge is -2.24. The van der Waals surface area contributed by atoms with Crippen LogP contribution in [-0.4, -0.2) is 115 Å². The van der Waals surface area contributed by atoms with E-state index in [-0.39, 0.29) is 49.8 Å². The fourth-order valence-electron chi connectivity index (χ4n) is 5.46. The van der Waals surface area contributed by atoms with Gasteiger partial charge in [-0.1, -0.05) is 78.6 Å². The summed E-state index contributed by atoms with van der Waals surface area (Å²) in [6.45, 7) is 4.08. The lowest BCUT2D eigenvalue weighted by atomic mass is 9.71. The summed E-state index contributed by atoms with van der Waals surface area (Å²) in [5, 5.41) is 31.5. The number of carbonyl (C=O) groups is 3. The fourth-order valence-corrected chi connectivity index (χ4v) is 5.80. The number of hydrogen-bond acceptors (Lipinski definition) is 13. The number of methoxy groups -OCH3 is 2. The average molecular weight is 863 g/mol. The quantitative estimate of drug-likeness (QED) is 0.0297. The minimum absolute atomic E-state index is 0.0300. The van der Waals surface area contributed by atoms with Crippen LogP contribution in [0.3, 0.4) is 0 Å². The molecule has 0 saturated carbocycles. The topological polar surface area (TPSA) is 185 Å². The number of esters is 3. The Hall–Kier alpha value is -4.49. The molecule has 13 nitrogen and oxygen atoms in total. The van der Waals surface area contributed by atoms with Gasteiger partial charge in [-0.3, -0.25) is 5.84 Å². The third-order valence-electron chi connectivity index (χ3n) is 8.37. The Kier molecular flexibility index (Phi) is 20.3. The second-order valence-electron chi connectivity index (χ2n) is 13.3. The SMILES string of the molecule is CCOC(=O)[C@H](O)CN(N)Cc1ccc(-c2cc(Cl)ccc2F)cc1.COC(=O)[C@H](O)CN(CB(C)O)Cc1ccc(-c2cc(Cl)ccc2F)cc1.COC(=O)[C@H]1CO1. The van der Waals surface area contributed by atoms with Gasteiger partial charge in [-0.15, -0.1) is 0 Å².